The van der Waals surface area contributed by atoms with Gasteiger partial charge in [0.15, 0.2) is 0 Å². The van der Waals surface area contributed by atoms with Crippen molar-refractivity contribution < 1.29 is 13.5 Å². The number of aliphatic hydroxyl groups excluding tert-OH is 1. The zero-order valence-corrected chi connectivity index (χ0v) is 13.2. The van der Waals surface area contributed by atoms with Crippen molar-refractivity contribution in [3.05, 3.63) is 41.8 Å². The van der Waals surface area contributed by atoms with Crippen LogP contribution in [0.5, 0.6) is 0 Å². The fraction of sp³-hybridized carbons (Fsp3) is 0.333. The van der Waals surface area contributed by atoms with Crippen LogP contribution in [-0.4, -0.2) is 30.4 Å². The summed E-state index contributed by atoms with van der Waals surface area (Å²) in [5, 5.41) is 10.3. The molecule has 0 amide bonds. The lowest BCUT2D eigenvalue weighted by Crippen LogP contribution is -2.33. The van der Waals surface area contributed by atoms with Gasteiger partial charge >= 0.3 is 0 Å². The van der Waals surface area contributed by atoms with E-state index in [2.05, 4.69) is 6.58 Å². The van der Waals surface area contributed by atoms with Crippen LogP contribution < -0.4 is 0 Å². The molecule has 1 aliphatic carbocycles. The van der Waals surface area contributed by atoms with E-state index in [-0.39, 0.29) is 17.5 Å². The van der Waals surface area contributed by atoms with E-state index >= 15 is 0 Å². The first-order valence-corrected chi connectivity index (χ1v) is 9.09. The van der Waals surface area contributed by atoms with E-state index in [0.717, 1.165) is 17.5 Å². The van der Waals surface area contributed by atoms with Gasteiger partial charge in [-0.1, -0.05) is 24.3 Å². The average Bonchev–Trinajstić information content (AvgIpc) is 3.22. The van der Waals surface area contributed by atoms with E-state index in [0.29, 0.717) is 16.8 Å². The minimum atomic E-state index is -3.61. The molecule has 0 atom stereocenters. The SMILES string of the molecule is C=CCN(C1CC1)S(=O)(=O)c1c(CO)sc2ccccc12. The van der Waals surface area contributed by atoms with Crippen molar-refractivity contribution in [2.75, 3.05) is 6.54 Å². The average molecular weight is 323 g/mol. The van der Waals surface area contributed by atoms with Crippen LogP contribution in [0.15, 0.2) is 41.8 Å². The minimum Gasteiger partial charge on any atom is -0.391 e. The molecular formula is C15H17NO3S2. The molecule has 2 aromatic rings. The second kappa shape index (κ2) is 5.53. The summed E-state index contributed by atoms with van der Waals surface area (Å²) >= 11 is 1.34. The Labute approximate surface area is 128 Å². The smallest absolute Gasteiger partial charge is 0.245 e. The van der Waals surface area contributed by atoms with Crippen LogP contribution in [0.4, 0.5) is 0 Å². The third-order valence-electron chi connectivity index (χ3n) is 3.59. The number of rotatable bonds is 6. The van der Waals surface area contributed by atoms with Gasteiger partial charge in [0.1, 0.15) is 4.90 Å². The standard InChI is InChI=1S/C15H17NO3S2/c1-2-9-16(11-7-8-11)21(18,19)15-12-5-3-4-6-13(12)20-14(15)10-17/h2-6,11,17H,1,7-10H2. The number of sulfonamides is 1. The van der Waals surface area contributed by atoms with Gasteiger partial charge in [-0.15, -0.1) is 17.9 Å². The van der Waals surface area contributed by atoms with Crippen LogP contribution in [0.2, 0.25) is 0 Å². The van der Waals surface area contributed by atoms with Gasteiger partial charge in [-0.2, -0.15) is 4.31 Å². The molecule has 1 N–H and O–H groups in total. The fourth-order valence-corrected chi connectivity index (χ4v) is 5.92. The Morgan fingerprint density at radius 3 is 2.71 bits per heavy atom. The summed E-state index contributed by atoms with van der Waals surface area (Å²) in [6.45, 7) is 3.70. The number of aliphatic hydroxyl groups is 1. The molecule has 3 rings (SSSR count). The molecular weight excluding hydrogens is 306 g/mol. The Kier molecular flexibility index (Phi) is 3.88. The van der Waals surface area contributed by atoms with Crippen molar-refractivity contribution >= 4 is 31.4 Å². The lowest BCUT2D eigenvalue weighted by Gasteiger charge is -2.20. The van der Waals surface area contributed by atoms with Gasteiger partial charge in [0.25, 0.3) is 0 Å². The summed E-state index contributed by atoms with van der Waals surface area (Å²) < 4.78 is 28.5. The van der Waals surface area contributed by atoms with Gasteiger partial charge in [0, 0.05) is 22.7 Å². The predicted molar refractivity (Wildman–Crippen MR) is 84.9 cm³/mol. The number of fused-ring (bicyclic) bond motifs is 1. The number of hydrogen-bond acceptors (Lipinski definition) is 4. The van der Waals surface area contributed by atoms with E-state index in [1.807, 2.05) is 18.2 Å². The van der Waals surface area contributed by atoms with Crippen molar-refractivity contribution in [2.24, 2.45) is 0 Å². The number of benzene rings is 1. The number of hydrogen-bond donors (Lipinski definition) is 1. The number of nitrogens with zero attached hydrogens (tertiary/aromatic N) is 1. The van der Waals surface area contributed by atoms with Crippen molar-refractivity contribution in [3.8, 4) is 0 Å². The molecule has 0 radical (unpaired) electrons. The van der Waals surface area contributed by atoms with Crippen molar-refractivity contribution in [1.82, 2.24) is 4.31 Å². The maximum Gasteiger partial charge on any atom is 0.245 e. The molecule has 112 valence electrons. The maximum atomic E-state index is 13.0. The lowest BCUT2D eigenvalue weighted by molar-refractivity contribution is 0.282. The van der Waals surface area contributed by atoms with Crippen LogP contribution in [0.3, 0.4) is 0 Å². The molecule has 1 saturated carbocycles. The van der Waals surface area contributed by atoms with Crippen molar-refractivity contribution in [2.45, 2.75) is 30.4 Å². The molecule has 0 aliphatic heterocycles. The first-order valence-electron chi connectivity index (χ1n) is 6.83. The molecule has 1 aliphatic rings. The summed E-state index contributed by atoms with van der Waals surface area (Å²) in [5.41, 5.74) is 0. The van der Waals surface area contributed by atoms with Crippen molar-refractivity contribution in [3.63, 3.8) is 0 Å². The quantitative estimate of drug-likeness (QED) is 0.832. The molecule has 1 aromatic heterocycles. The predicted octanol–water partition coefficient (Wildman–Crippen LogP) is 2.73. The summed E-state index contributed by atoms with van der Waals surface area (Å²) in [6, 6.07) is 7.45. The highest BCUT2D eigenvalue weighted by Gasteiger charge is 2.39. The topological polar surface area (TPSA) is 57.6 Å². The fourth-order valence-electron chi connectivity index (χ4n) is 2.51. The monoisotopic (exact) mass is 323 g/mol. The highest BCUT2D eigenvalue weighted by Crippen LogP contribution is 2.39. The molecule has 21 heavy (non-hydrogen) atoms. The van der Waals surface area contributed by atoms with Gasteiger partial charge < -0.3 is 5.11 Å². The molecule has 4 nitrogen and oxygen atoms in total. The Balaban J connectivity index is 2.19. The van der Waals surface area contributed by atoms with Gasteiger partial charge in [0.2, 0.25) is 10.0 Å². The molecule has 0 spiro atoms. The van der Waals surface area contributed by atoms with Gasteiger partial charge in [-0.3, -0.25) is 0 Å². The number of thiophene rings is 1. The normalized spacial score (nSPS) is 15.7. The molecule has 1 aromatic carbocycles. The second-order valence-electron chi connectivity index (χ2n) is 5.10. The molecule has 0 saturated heterocycles. The van der Waals surface area contributed by atoms with E-state index < -0.39 is 10.0 Å². The Morgan fingerprint density at radius 2 is 2.10 bits per heavy atom. The Morgan fingerprint density at radius 1 is 1.38 bits per heavy atom. The Hall–Kier alpha value is -1.21. The highest BCUT2D eigenvalue weighted by molar-refractivity contribution is 7.89. The van der Waals surface area contributed by atoms with Crippen molar-refractivity contribution in [1.29, 1.82) is 0 Å². The second-order valence-corrected chi connectivity index (χ2v) is 8.07. The zero-order valence-electron chi connectivity index (χ0n) is 11.5. The zero-order chi connectivity index (χ0) is 15.0. The molecule has 0 unspecified atom stereocenters. The van der Waals surface area contributed by atoms with Crippen LogP contribution in [0, 0.1) is 0 Å². The van der Waals surface area contributed by atoms with Crippen LogP contribution in [0.1, 0.15) is 17.7 Å². The maximum absolute atomic E-state index is 13.0. The molecule has 1 heterocycles. The van der Waals surface area contributed by atoms with E-state index in [9.17, 15) is 13.5 Å². The summed E-state index contributed by atoms with van der Waals surface area (Å²) in [5.74, 6) is 0. The summed E-state index contributed by atoms with van der Waals surface area (Å²) in [7, 11) is -3.61. The van der Waals surface area contributed by atoms with E-state index in [1.54, 1.807) is 12.1 Å². The van der Waals surface area contributed by atoms with E-state index in [1.165, 1.54) is 15.6 Å². The summed E-state index contributed by atoms with van der Waals surface area (Å²) in [4.78, 5) is 0.769. The van der Waals surface area contributed by atoms with Crippen LogP contribution >= 0.6 is 11.3 Å². The third-order valence-corrected chi connectivity index (χ3v) is 6.92. The molecule has 0 bridgehead atoms. The van der Waals surface area contributed by atoms with Gasteiger partial charge in [-0.05, 0) is 18.9 Å². The first-order chi connectivity index (χ1) is 10.1. The summed E-state index contributed by atoms with van der Waals surface area (Å²) in [6.07, 6.45) is 3.40. The van der Waals surface area contributed by atoms with Crippen LogP contribution in [-0.2, 0) is 16.6 Å². The van der Waals surface area contributed by atoms with E-state index in [4.69, 9.17) is 0 Å². The lowest BCUT2D eigenvalue weighted by atomic mass is 10.2. The largest absolute Gasteiger partial charge is 0.391 e. The molecule has 6 heteroatoms. The van der Waals surface area contributed by atoms with Gasteiger partial charge in [-0.25, -0.2) is 8.42 Å². The molecule has 1 fully saturated rings. The Bertz CT molecular complexity index is 775. The van der Waals surface area contributed by atoms with Crippen LogP contribution in [0.25, 0.3) is 10.1 Å². The van der Waals surface area contributed by atoms with Gasteiger partial charge in [0.05, 0.1) is 11.5 Å². The highest BCUT2D eigenvalue weighted by atomic mass is 32.2. The minimum absolute atomic E-state index is 0.0678. The first kappa shape index (κ1) is 14.7. The third kappa shape index (κ3) is 2.53.